The van der Waals surface area contributed by atoms with Crippen molar-refractivity contribution in [1.82, 2.24) is 21.3 Å². The number of nitrogens with one attached hydrogen (secondary N) is 4. The molecule has 0 aliphatic carbocycles. The third-order valence-corrected chi connectivity index (χ3v) is 6.25. The first-order valence-corrected chi connectivity index (χ1v) is 14.4. The van der Waals surface area contributed by atoms with Gasteiger partial charge in [0.1, 0.15) is 29.9 Å². The number of amides is 5. The van der Waals surface area contributed by atoms with Crippen LogP contribution in [0.1, 0.15) is 46.6 Å². The second-order valence-electron chi connectivity index (χ2n) is 10.2. The molecule has 0 fully saturated rings. The van der Waals surface area contributed by atoms with E-state index in [-0.39, 0.29) is 12.2 Å². The van der Waals surface area contributed by atoms with E-state index in [1.54, 1.807) is 27.7 Å². The highest BCUT2D eigenvalue weighted by Gasteiger charge is 2.34. The highest BCUT2D eigenvalue weighted by molar-refractivity contribution is 7.46. The average molecular weight is 616 g/mol. The predicted octanol–water partition coefficient (Wildman–Crippen LogP) is -1.07. The normalized spacial score (nSPS) is 14.2. The van der Waals surface area contributed by atoms with Crippen LogP contribution in [0.2, 0.25) is 0 Å². The molecule has 42 heavy (non-hydrogen) atoms. The largest absolute Gasteiger partial charge is 0.524 e. The van der Waals surface area contributed by atoms with Crippen molar-refractivity contribution in [3.63, 3.8) is 0 Å². The Labute approximate surface area is 242 Å². The molecule has 0 aliphatic heterocycles. The van der Waals surface area contributed by atoms with Crippen molar-refractivity contribution < 1.29 is 52.7 Å². The van der Waals surface area contributed by atoms with E-state index < -0.39 is 85.8 Å². The van der Waals surface area contributed by atoms with Crippen LogP contribution in [0, 0.1) is 11.8 Å². The first kappa shape index (κ1) is 36.0. The highest BCUT2D eigenvalue weighted by atomic mass is 31.2. The molecule has 0 saturated heterocycles. The minimum absolute atomic E-state index is 0.0769. The summed E-state index contributed by atoms with van der Waals surface area (Å²) in [5.74, 6) is -6.59. The van der Waals surface area contributed by atoms with Crippen molar-refractivity contribution in [3.8, 4) is 5.75 Å². The molecule has 4 unspecified atom stereocenters. The lowest BCUT2D eigenvalue weighted by atomic mass is 10.00. The number of hydrogen-bond acceptors (Lipinski definition) is 8. The summed E-state index contributed by atoms with van der Waals surface area (Å²) in [6.45, 7) is 7.49. The molecule has 1 aromatic rings. The van der Waals surface area contributed by atoms with E-state index in [0.29, 0.717) is 5.56 Å². The maximum atomic E-state index is 13.2. The summed E-state index contributed by atoms with van der Waals surface area (Å²) in [6, 6.07) is 0.102. The van der Waals surface area contributed by atoms with Crippen LogP contribution in [-0.4, -0.2) is 74.6 Å². The maximum Gasteiger partial charge on any atom is 0.524 e. The zero-order chi connectivity index (χ0) is 32.4. The van der Waals surface area contributed by atoms with Gasteiger partial charge in [0.15, 0.2) is 0 Å². The summed E-state index contributed by atoms with van der Waals surface area (Å²) in [6.07, 6.45) is -0.719. The van der Waals surface area contributed by atoms with Crippen LogP contribution in [0.4, 0.5) is 0 Å². The van der Waals surface area contributed by atoms with Crippen LogP contribution in [0.3, 0.4) is 0 Å². The molecule has 0 aromatic heterocycles. The molecule has 17 heteroatoms. The first-order valence-electron chi connectivity index (χ1n) is 12.8. The number of aliphatic carboxylic acids is 1. The molecular weight excluding hydrogens is 577 g/mol. The Kier molecular flexibility index (Phi) is 13.6. The molecule has 1 aromatic carbocycles. The number of carbonyl (C=O) groups excluding carboxylic acids is 5. The van der Waals surface area contributed by atoms with E-state index in [2.05, 4.69) is 25.8 Å². The van der Waals surface area contributed by atoms with Crippen molar-refractivity contribution in [2.24, 2.45) is 17.6 Å². The molecule has 234 valence electrons. The van der Waals surface area contributed by atoms with Crippen LogP contribution in [0.5, 0.6) is 5.75 Å². The van der Waals surface area contributed by atoms with E-state index in [9.17, 15) is 38.4 Å². The van der Waals surface area contributed by atoms with E-state index in [4.69, 9.17) is 15.5 Å². The van der Waals surface area contributed by atoms with Crippen molar-refractivity contribution in [3.05, 3.63) is 29.8 Å². The molecular formula is C25H38N5O11P. The second-order valence-corrected chi connectivity index (χ2v) is 11.4. The fraction of sp³-hybridized carbons (Fsp3) is 0.520. The minimum atomic E-state index is -4.78. The number of phosphoric ester groups is 1. The predicted molar refractivity (Wildman–Crippen MR) is 147 cm³/mol. The number of phosphoric acid groups is 1. The average Bonchev–Trinajstić information content (AvgIpc) is 2.83. The SMILES string of the molecule is CC(=O)NC(Cc1ccc(OP(=O)(O)O)cc1)C(=O)NC(C(=O)NC(CC(N)=O)C(=O)NC(C(=O)O)C(C)C)C(C)C. The van der Waals surface area contributed by atoms with Gasteiger partial charge in [-0.3, -0.25) is 33.8 Å². The molecule has 0 radical (unpaired) electrons. The molecule has 16 nitrogen and oxygen atoms in total. The molecule has 9 N–H and O–H groups in total. The van der Waals surface area contributed by atoms with Crippen LogP contribution < -0.4 is 31.5 Å². The number of rotatable bonds is 16. The Morgan fingerprint density at radius 3 is 1.74 bits per heavy atom. The number of carbonyl (C=O) groups is 6. The van der Waals surface area contributed by atoms with Crippen LogP contribution in [0.25, 0.3) is 0 Å². The van der Waals surface area contributed by atoms with Gasteiger partial charge in [-0.05, 0) is 29.5 Å². The quantitative estimate of drug-likeness (QED) is 0.104. The number of carboxylic acid groups (broad SMARTS) is 1. The third-order valence-electron chi connectivity index (χ3n) is 5.80. The van der Waals surface area contributed by atoms with Crippen molar-refractivity contribution in [2.45, 2.75) is 71.6 Å². The molecule has 0 saturated carbocycles. The van der Waals surface area contributed by atoms with Gasteiger partial charge in [0.25, 0.3) is 0 Å². The second kappa shape index (κ2) is 15.8. The van der Waals surface area contributed by atoms with E-state index >= 15 is 0 Å². The first-order chi connectivity index (χ1) is 19.3. The Morgan fingerprint density at radius 1 is 0.810 bits per heavy atom. The monoisotopic (exact) mass is 615 g/mol. The number of primary amides is 1. The summed E-state index contributed by atoms with van der Waals surface area (Å²) in [4.78, 5) is 92.0. The van der Waals surface area contributed by atoms with Gasteiger partial charge in [0.05, 0.1) is 6.42 Å². The Morgan fingerprint density at radius 2 is 1.31 bits per heavy atom. The maximum absolute atomic E-state index is 13.2. The fourth-order valence-corrected chi connectivity index (χ4v) is 4.14. The zero-order valence-electron chi connectivity index (χ0n) is 23.8. The summed E-state index contributed by atoms with van der Waals surface area (Å²) < 4.78 is 15.5. The van der Waals surface area contributed by atoms with Crippen molar-refractivity contribution in [1.29, 1.82) is 0 Å². The van der Waals surface area contributed by atoms with Gasteiger partial charge in [-0.15, -0.1) is 0 Å². The van der Waals surface area contributed by atoms with Gasteiger partial charge in [0.2, 0.25) is 29.5 Å². The Hall–Kier alpha value is -4.01. The van der Waals surface area contributed by atoms with Crippen LogP contribution in [0.15, 0.2) is 24.3 Å². The van der Waals surface area contributed by atoms with E-state index in [0.717, 1.165) is 0 Å². The lowest BCUT2D eigenvalue weighted by Crippen LogP contribution is -2.60. The molecule has 0 heterocycles. The van der Waals surface area contributed by atoms with Gasteiger partial charge in [0, 0.05) is 13.3 Å². The fourth-order valence-electron chi connectivity index (χ4n) is 3.74. The van der Waals surface area contributed by atoms with E-state index in [1.165, 1.54) is 31.2 Å². The van der Waals surface area contributed by atoms with Gasteiger partial charge < -0.3 is 36.6 Å². The highest BCUT2D eigenvalue weighted by Crippen LogP contribution is 2.37. The number of hydrogen-bond donors (Lipinski definition) is 8. The summed E-state index contributed by atoms with van der Waals surface area (Å²) in [5.41, 5.74) is 5.71. The Balaban J connectivity index is 3.12. The van der Waals surface area contributed by atoms with Crippen LogP contribution in [-0.2, 0) is 39.8 Å². The Bertz CT molecular complexity index is 1200. The minimum Gasteiger partial charge on any atom is -0.480 e. The van der Waals surface area contributed by atoms with E-state index in [1.807, 2.05) is 0 Å². The molecule has 0 aliphatic rings. The molecule has 0 bridgehead atoms. The molecule has 5 amide bonds. The lowest BCUT2D eigenvalue weighted by Gasteiger charge is -2.28. The summed E-state index contributed by atoms with van der Waals surface area (Å²) in [5, 5.41) is 19.0. The van der Waals surface area contributed by atoms with Gasteiger partial charge >= 0.3 is 13.8 Å². The third kappa shape index (κ3) is 12.7. The van der Waals surface area contributed by atoms with Crippen molar-refractivity contribution in [2.75, 3.05) is 0 Å². The van der Waals surface area contributed by atoms with Crippen molar-refractivity contribution >= 4 is 43.3 Å². The van der Waals surface area contributed by atoms with Crippen LogP contribution >= 0.6 is 7.82 Å². The topological polar surface area (TPSA) is 264 Å². The number of carboxylic acids is 1. The lowest BCUT2D eigenvalue weighted by molar-refractivity contribution is -0.143. The number of nitrogens with two attached hydrogens (primary N) is 1. The molecule has 0 spiro atoms. The zero-order valence-corrected chi connectivity index (χ0v) is 24.7. The molecule has 4 atom stereocenters. The smallest absolute Gasteiger partial charge is 0.480 e. The van der Waals surface area contributed by atoms with Gasteiger partial charge in [-0.1, -0.05) is 39.8 Å². The van der Waals surface area contributed by atoms with Gasteiger partial charge in [-0.25, -0.2) is 9.36 Å². The standard InChI is InChI=1S/C25H38N5O11P/c1-12(2)20(24(35)28-18(11-19(26)32)23(34)30-21(13(3)4)25(36)37)29-22(33)17(27-14(5)31)10-15-6-8-16(9-7-15)41-42(38,39)40/h6-9,12-13,17-18,20-21H,10-11H2,1-5H3,(H2,26,32)(H,27,31)(H,28,35)(H,29,33)(H,30,34)(H,36,37)(H2,38,39,40). The summed E-state index contributed by atoms with van der Waals surface area (Å²) in [7, 11) is -4.78. The molecule has 1 rings (SSSR count). The summed E-state index contributed by atoms with van der Waals surface area (Å²) >= 11 is 0. The van der Waals surface area contributed by atoms with Gasteiger partial charge in [-0.2, -0.15) is 0 Å². The number of benzene rings is 1.